The Labute approximate surface area is 175 Å². The van der Waals surface area contributed by atoms with Crippen LogP contribution < -0.4 is 10.2 Å². The van der Waals surface area contributed by atoms with Crippen LogP contribution >= 0.6 is 11.3 Å². The van der Waals surface area contributed by atoms with E-state index in [9.17, 15) is 19.2 Å². The first kappa shape index (κ1) is 21.2. The molecule has 2 aromatic rings. The first-order valence-electron chi connectivity index (χ1n) is 9.01. The number of carbonyl (C=O) groups is 4. The van der Waals surface area contributed by atoms with Gasteiger partial charge in [0.2, 0.25) is 0 Å². The Bertz CT molecular complexity index is 1020. The molecule has 1 aliphatic rings. The molecule has 2 aromatic heterocycles. The number of ketones is 1. The lowest BCUT2D eigenvalue weighted by Crippen LogP contribution is -2.57. The summed E-state index contributed by atoms with van der Waals surface area (Å²) in [6, 6.07) is 1.25. The van der Waals surface area contributed by atoms with Gasteiger partial charge in [-0.3, -0.25) is 19.3 Å². The molecule has 1 unspecified atom stereocenters. The van der Waals surface area contributed by atoms with Gasteiger partial charge >= 0.3 is 12.0 Å². The number of thiophene rings is 1. The molecule has 3 heterocycles. The number of carboxylic acid groups (broad SMARTS) is 1. The minimum absolute atomic E-state index is 0.145. The number of aliphatic carboxylic acids is 1. The average Bonchev–Trinajstić information content (AvgIpc) is 3.27. The second-order valence-electron chi connectivity index (χ2n) is 6.65. The summed E-state index contributed by atoms with van der Waals surface area (Å²) in [4.78, 5) is 51.9. The Kier molecular flexibility index (Phi) is 6.01. The largest absolute Gasteiger partial charge is 0.481 e. The fourth-order valence-corrected chi connectivity index (χ4v) is 4.21. The molecule has 0 aromatic carbocycles. The molecule has 30 heavy (non-hydrogen) atoms. The van der Waals surface area contributed by atoms with E-state index in [-0.39, 0.29) is 13.0 Å². The zero-order chi connectivity index (χ0) is 22.0. The van der Waals surface area contributed by atoms with Crippen LogP contribution in [0.4, 0.5) is 9.80 Å². The van der Waals surface area contributed by atoms with Crippen molar-refractivity contribution in [2.45, 2.75) is 26.3 Å². The van der Waals surface area contributed by atoms with Gasteiger partial charge in [0.25, 0.3) is 5.91 Å². The molecule has 158 valence electrons. The number of aryl methyl sites for hydroxylation is 2. The van der Waals surface area contributed by atoms with E-state index >= 15 is 0 Å². The predicted molar refractivity (Wildman–Crippen MR) is 108 cm³/mol. The number of hydrogen-bond acceptors (Lipinski definition) is 7. The zero-order valence-corrected chi connectivity index (χ0v) is 17.4. The van der Waals surface area contributed by atoms with Crippen LogP contribution in [0.15, 0.2) is 28.9 Å². The molecule has 10 nitrogen and oxygen atoms in total. The van der Waals surface area contributed by atoms with Crippen molar-refractivity contribution in [2.24, 2.45) is 0 Å². The van der Waals surface area contributed by atoms with Gasteiger partial charge in [0.15, 0.2) is 11.8 Å². The van der Waals surface area contributed by atoms with Crippen molar-refractivity contribution in [2.75, 3.05) is 18.5 Å². The number of nitrogens with zero attached hydrogens (tertiary/aromatic N) is 3. The monoisotopic (exact) mass is 432 g/mol. The van der Waals surface area contributed by atoms with Gasteiger partial charge in [-0.1, -0.05) is 5.16 Å². The van der Waals surface area contributed by atoms with Crippen LogP contribution in [-0.4, -0.2) is 58.5 Å². The van der Waals surface area contributed by atoms with Gasteiger partial charge in [-0.05, 0) is 26.0 Å². The van der Waals surface area contributed by atoms with Crippen molar-refractivity contribution in [1.82, 2.24) is 15.4 Å². The molecule has 3 rings (SSSR count). The van der Waals surface area contributed by atoms with Crippen LogP contribution in [0, 0.1) is 13.8 Å². The standard InChI is InChI=1S/C19H20N4O6S/c1-10-16(11(2)29-21-10)13-4-5-14(30-13)23(19(28)20-8-6-15(25)26)17-12(24)7-9-22(3)18(17)27/h4-5,7,9,17H,6,8H2,1-3H3,(H,20,28)(H,25,26). The Hall–Kier alpha value is -3.47. The number of likely N-dealkylation sites (N-methyl/N-ethyl adjacent to an activating group) is 1. The van der Waals surface area contributed by atoms with E-state index in [1.54, 1.807) is 26.0 Å². The lowest BCUT2D eigenvalue weighted by atomic mass is 10.1. The predicted octanol–water partition coefficient (Wildman–Crippen LogP) is 1.93. The normalized spacial score (nSPS) is 16.1. The molecule has 1 atom stereocenters. The number of nitrogens with one attached hydrogen (secondary N) is 1. The van der Waals surface area contributed by atoms with Crippen LogP contribution in [0.1, 0.15) is 17.9 Å². The molecule has 1 aliphatic heterocycles. The third kappa shape index (κ3) is 4.10. The molecule has 0 spiro atoms. The van der Waals surface area contributed by atoms with E-state index in [0.717, 1.165) is 15.3 Å². The molecule has 0 saturated carbocycles. The molecule has 0 fully saturated rings. The van der Waals surface area contributed by atoms with Gasteiger partial charge in [-0.25, -0.2) is 4.79 Å². The van der Waals surface area contributed by atoms with Gasteiger partial charge in [-0.15, -0.1) is 11.3 Å². The molecular formula is C19H20N4O6S. The van der Waals surface area contributed by atoms with Crippen LogP contribution in [0.25, 0.3) is 10.4 Å². The summed E-state index contributed by atoms with van der Waals surface area (Å²) in [5.74, 6) is -1.58. The summed E-state index contributed by atoms with van der Waals surface area (Å²) in [6.45, 7) is 3.40. The quantitative estimate of drug-likeness (QED) is 0.666. The second-order valence-corrected chi connectivity index (χ2v) is 7.71. The molecule has 0 saturated heterocycles. The summed E-state index contributed by atoms with van der Waals surface area (Å²) < 4.78 is 5.19. The Morgan fingerprint density at radius 3 is 2.70 bits per heavy atom. The van der Waals surface area contributed by atoms with Crippen molar-refractivity contribution < 1.29 is 28.8 Å². The van der Waals surface area contributed by atoms with Crippen molar-refractivity contribution in [3.05, 3.63) is 35.9 Å². The molecule has 0 radical (unpaired) electrons. The minimum Gasteiger partial charge on any atom is -0.481 e. The van der Waals surface area contributed by atoms with E-state index in [0.29, 0.717) is 16.5 Å². The maximum absolute atomic E-state index is 12.9. The summed E-state index contributed by atoms with van der Waals surface area (Å²) in [7, 11) is 1.49. The summed E-state index contributed by atoms with van der Waals surface area (Å²) >= 11 is 1.20. The van der Waals surface area contributed by atoms with Gasteiger partial charge in [-0.2, -0.15) is 0 Å². The summed E-state index contributed by atoms with van der Waals surface area (Å²) in [6.07, 6.45) is 2.28. The lowest BCUT2D eigenvalue weighted by Gasteiger charge is -2.32. The Morgan fingerprint density at radius 1 is 1.33 bits per heavy atom. The lowest BCUT2D eigenvalue weighted by molar-refractivity contribution is -0.137. The van der Waals surface area contributed by atoms with Crippen LogP contribution in [0.2, 0.25) is 0 Å². The molecule has 0 aliphatic carbocycles. The van der Waals surface area contributed by atoms with E-state index in [2.05, 4.69) is 10.5 Å². The fourth-order valence-electron chi connectivity index (χ4n) is 3.03. The highest BCUT2D eigenvalue weighted by atomic mass is 32.1. The topological polar surface area (TPSA) is 133 Å². The zero-order valence-electron chi connectivity index (χ0n) is 16.5. The third-order valence-electron chi connectivity index (χ3n) is 4.51. The number of anilines is 1. The molecule has 11 heteroatoms. The molecular weight excluding hydrogens is 412 g/mol. The number of aromatic nitrogens is 1. The van der Waals surface area contributed by atoms with Crippen LogP contribution in [0.5, 0.6) is 0 Å². The minimum atomic E-state index is -1.39. The van der Waals surface area contributed by atoms with Crippen LogP contribution in [-0.2, 0) is 14.4 Å². The molecule has 3 amide bonds. The highest BCUT2D eigenvalue weighted by Gasteiger charge is 2.40. The third-order valence-corrected chi connectivity index (χ3v) is 5.62. The number of rotatable bonds is 6. The van der Waals surface area contributed by atoms with Crippen LogP contribution in [0.3, 0.4) is 0 Å². The summed E-state index contributed by atoms with van der Waals surface area (Å²) in [5.41, 5.74) is 1.45. The van der Waals surface area contributed by atoms with Crippen molar-refractivity contribution in [1.29, 1.82) is 0 Å². The highest BCUT2D eigenvalue weighted by Crippen LogP contribution is 2.38. The van der Waals surface area contributed by atoms with Gasteiger partial charge < -0.3 is 19.8 Å². The average molecular weight is 432 g/mol. The fraction of sp³-hybridized carbons (Fsp3) is 0.316. The van der Waals surface area contributed by atoms with Gasteiger partial charge in [0.05, 0.1) is 17.7 Å². The molecule has 2 N–H and O–H groups in total. The van der Waals surface area contributed by atoms with Crippen molar-refractivity contribution in [3.63, 3.8) is 0 Å². The van der Waals surface area contributed by atoms with E-state index < -0.39 is 29.7 Å². The van der Waals surface area contributed by atoms with E-state index in [1.807, 2.05) is 0 Å². The summed E-state index contributed by atoms with van der Waals surface area (Å²) in [5, 5.41) is 15.6. The van der Waals surface area contributed by atoms with Gasteiger partial charge in [0, 0.05) is 30.7 Å². The Morgan fingerprint density at radius 2 is 2.07 bits per heavy atom. The van der Waals surface area contributed by atoms with Gasteiger partial charge in [0.1, 0.15) is 10.8 Å². The first-order chi connectivity index (χ1) is 14.2. The second kappa shape index (κ2) is 8.49. The Balaban J connectivity index is 1.99. The molecule has 0 bridgehead atoms. The maximum atomic E-state index is 12.9. The number of urea groups is 1. The van der Waals surface area contributed by atoms with E-state index in [4.69, 9.17) is 9.63 Å². The SMILES string of the molecule is Cc1noc(C)c1-c1ccc(N(C(=O)NCCC(=O)O)C2C(=O)C=CN(C)C2=O)s1. The smallest absolute Gasteiger partial charge is 0.323 e. The maximum Gasteiger partial charge on any atom is 0.323 e. The van der Waals surface area contributed by atoms with E-state index in [1.165, 1.54) is 35.6 Å². The van der Waals surface area contributed by atoms with Crippen molar-refractivity contribution in [3.8, 4) is 10.4 Å². The number of amides is 3. The highest BCUT2D eigenvalue weighted by molar-refractivity contribution is 7.19. The number of carboxylic acids is 1. The number of hydrogen-bond donors (Lipinski definition) is 2. The van der Waals surface area contributed by atoms with Crippen molar-refractivity contribution >= 4 is 40.0 Å². The first-order valence-corrected chi connectivity index (χ1v) is 9.83. The number of carbonyl (C=O) groups excluding carboxylic acids is 3.